The van der Waals surface area contributed by atoms with Crippen LogP contribution in [0.5, 0.6) is 0 Å². The molecule has 1 saturated heterocycles. The van der Waals surface area contributed by atoms with Crippen molar-refractivity contribution in [3.8, 4) is 0 Å². The maximum Gasteiger partial charge on any atom is 0.224 e. The van der Waals surface area contributed by atoms with Crippen molar-refractivity contribution in [2.24, 2.45) is 0 Å². The van der Waals surface area contributed by atoms with Crippen LogP contribution in [0.15, 0.2) is 24.3 Å². The van der Waals surface area contributed by atoms with Crippen LogP contribution >= 0.6 is 11.6 Å². The largest absolute Gasteiger partial charge is 0.354 e. The third kappa shape index (κ3) is 2.89. The molecule has 1 fully saturated rings. The van der Waals surface area contributed by atoms with E-state index in [1.54, 1.807) is 0 Å². The Morgan fingerprint density at radius 2 is 1.75 bits per heavy atom. The minimum Gasteiger partial charge on any atom is -0.354 e. The Hall–Kier alpha value is -1.65. The first-order valence-corrected chi connectivity index (χ1v) is 9.06. The van der Waals surface area contributed by atoms with Gasteiger partial charge in [-0.3, -0.25) is 0 Å². The molecule has 0 bridgehead atoms. The van der Waals surface area contributed by atoms with Gasteiger partial charge in [0.25, 0.3) is 0 Å². The normalized spacial score (nSPS) is 21.1. The fraction of sp³-hybridized carbons (Fsp3) is 0.474. The average molecular weight is 343 g/mol. The number of likely N-dealkylation sites (N-methyl/N-ethyl adjacent to an activating group) is 1. The number of halogens is 1. The lowest BCUT2D eigenvalue weighted by Gasteiger charge is -2.34. The van der Waals surface area contributed by atoms with Crippen molar-refractivity contribution in [1.82, 2.24) is 14.9 Å². The lowest BCUT2D eigenvalue weighted by molar-refractivity contribution is 0.312. The van der Waals surface area contributed by atoms with Crippen LogP contribution in [0.25, 0.3) is 0 Å². The zero-order chi connectivity index (χ0) is 16.7. The number of hydrogen-bond acceptors (Lipinski definition) is 4. The molecule has 0 spiro atoms. The molecular formula is C19H23ClN4. The fourth-order valence-corrected chi connectivity index (χ4v) is 3.99. The van der Waals surface area contributed by atoms with Crippen molar-refractivity contribution in [2.45, 2.75) is 25.7 Å². The summed E-state index contributed by atoms with van der Waals surface area (Å²) in [4.78, 5) is 14.0. The summed E-state index contributed by atoms with van der Waals surface area (Å²) < 4.78 is 0. The van der Waals surface area contributed by atoms with Gasteiger partial charge in [-0.15, -0.1) is 0 Å². The van der Waals surface area contributed by atoms with Crippen LogP contribution in [0.4, 0.5) is 5.82 Å². The number of aryl methyl sites for hydroxylation is 1. The number of fused-ring (bicyclic) bond motifs is 1. The molecule has 0 radical (unpaired) electrons. The highest BCUT2D eigenvalue weighted by Crippen LogP contribution is 2.41. The van der Waals surface area contributed by atoms with Crippen molar-refractivity contribution in [2.75, 3.05) is 38.1 Å². The summed E-state index contributed by atoms with van der Waals surface area (Å²) in [6.07, 6.45) is 2.13. The van der Waals surface area contributed by atoms with Gasteiger partial charge in [-0.25, -0.2) is 9.97 Å². The van der Waals surface area contributed by atoms with Gasteiger partial charge in [0, 0.05) is 37.7 Å². The second-order valence-corrected chi connectivity index (χ2v) is 7.31. The van der Waals surface area contributed by atoms with E-state index in [4.69, 9.17) is 11.6 Å². The maximum atomic E-state index is 6.30. The molecule has 1 atom stereocenters. The molecule has 5 heteroatoms. The Labute approximate surface area is 148 Å². The third-order valence-electron chi connectivity index (χ3n) is 5.29. The zero-order valence-electron chi connectivity index (χ0n) is 14.3. The summed E-state index contributed by atoms with van der Waals surface area (Å²) in [6.45, 7) is 6.27. The van der Waals surface area contributed by atoms with E-state index in [9.17, 15) is 0 Å². The molecule has 0 N–H and O–H groups in total. The molecule has 126 valence electrons. The van der Waals surface area contributed by atoms with Gasteiger partial charge >= 0.3 is 0 Å². The number of aromatic nitrogens is 2. The van der Waals surface area contributed by atoms with E-state index in [1.807, 2.05) is 0 Å². The monoisotopic (exact) mass is 342 g/mol. The Morgan fingerprint density at radius 3 is 2.46 bits per heavy atom. The minimum atomic E-state index is 0.340. The van der Waals surface area contributed by atoms with Crippen LogP contribution in [0.1, 0.15) is 34.7 Å². The quantitative estimate of drug-likeness (QED) is 0.784. The molecule has 1 aliphatic carbocycles. The van der Waals surface area contributed by atoms with Gasteiger partial charge in [-0.05, 0) is 44.0 Å². The van der Waals surface area contributed by atoms with Crippen LogP contribution in [-0.2, 0) is 6.42 Å². The Balaban J connectivity index is 1.70. The first-order chi connectivity index (χ1) is 11.6. The average Bonchev–Trinajstić information content (AvgIpc) is 2.99. The molecular weight excluding hydrogens is 320 g/mol. The highest BCUT2D eigenvalue weighted by molar-refractivity contribution is 6.28. The van der Waals surface area contributed by atoms with Gasteiger partial charge in [-0.2, -0.15) is 0 Å². The second-order valence-electron chi connectivity index (χ2n) is 6.97. The summed E-state index contributed by atoms with van der Waals surface area (Å²) in [5.74, 6) is 1.40. The van der Waals surface area contributed by atoms with Crippen molar-refractivity contribution in [1.29, 1.82) is 0 Å². The van der Waals surface area contributed by atoms with E-state index in [-0.39, 0.29) is 0 Å². The van der Waals surface area contributed by atoms with Gasteiger partial charge in [0.1, 0.15) is 5.82 Å². The number of hydrogen-bond donors (Lipinski definition) is 0. The van der Waals surface area contributed by atoms with E-state index in [2.05, 4.69) is 58.0 Å². The van der Waals surface area contributed by atoms with Gasteiger partial charge in [0.2, 0.25) is 5.28 Å². The molecule has 2 aromatic rings. The summed E-state index contributed by atoms with van der Waals surface area (Å²) in [7, 11) is 2.17. The number of piperazine rings is 1. The highest BCUT2D eigenvalue weighted by Gasteiger charge is 2.31. The summed E-state index contributed by atoms with van der Waals surface area (Å²) in [5, 5.41) is 0.377. The first kappa shape index (κ1) is 15.9. The third-order valence-corrected chi connectivity index (χ3v) is 5.45. The molecule has 2 aliphatic rings. The van der Waals surface area contributed by atoms with E-state index in [0.29, 0.717) is 11.2 Å². The summed E-state index contributed by atoms with van der Waals surface area (Å²) >= 11 is 6.30. The van der Waals surface area contributed by atoms with Crippen LogP contribution in [0.3, 0.4) is 0 Å². The minimum absolute atomic E-state index is 0.340. The molecule has 2 heterocycles. The van der Waals surface area contributed by atoms with Crippen LogP contribution in [0, 0.1) is 6.92 Å². The molecule has 1 aliphatic heterocycles. The van der Waals surface area contributed by atoms with Gasteiger partial charge in [-0.1, -0.05) is 29.8 Å². The molecule has 0 saturated carbocycles. The molecule has 1 unspecified atom stereocenters. The lowest BCUT2D eigenvalue weighted by Crippen LogP contribution is -2.45. The van der Waals surface area contributed by atoms with E-state index < -0.39 is 0 Å². The van der Waals surface area contributed by atoms with E-state index in [0.717, 1.165) is 50.5 Å². The molecule has 1 aromatic heterocycles. The summed E-state index contributed by atoms with van der Waals surface area (Å²) in [5.41, 5.74) is 5.05. The summed E-state index contributed by atoms with van der Waals surface area (Å²) in [6, 6.07) is 8.80. The molecule has 4 nitrogen and oxygen atoms in total. The molecule has 24 heavy (non-hydrogen) atoms. The van der Waals surface area contributed by atoms with Crippen molar-refractivity contribution < 1.29 is 0 Å². The standard InChI is InChI=1S/C19H23ClN4/c1-13-3-5-14(6-4-13)15-7-8-16-17(15)21-19(20)22-18(16)24-11-9-23(2)10-12-24/h3-6,15H,7-12H2,1-2H3. The van der Waals surface area contributed by atoms with E-state index in [1.165, 1.54) is 16.7 Å². The molecule has 0 amide bonds. The Morgan fingerprint density at radius 1 is 1.04 bits per heavy atom. The Kier molecular flexibility index (Phi) is 4.19. The van der Waals surface area contributed by atoms with Gasteiger partial charge in [0.05, 0.1) is 5.69 Å². The van der Waals surface area contributed by atoms with Crippen molar-refractivity contribution >= 4 is 17.4 Å². The number of benzene rings is 1. The topological polar surface area (TPSA) is 32.3 Å². The van der Waals surface area contributed by atoms with Crippen molar-refractivity contribution in [3.63, 3.8) is 0 Å². The second kappa shape index (κ2) is 6.34. The predicted molar refractivity (Wildman–Crippen MR) is 98.1 cm³/mol. The van der Waals surface area contributed by atoms with Crippen molar-refractivity contribution in [3.05, 3.63) is 51.9 Å². The first-order valence-electron chi connectivity index (χ1n) is 8.68. The number of anilines is 1. The highest BCUT2D eigenvalue weighted by atomic mass is 35.5. The van der Waals surface area contributed by atoms with Gasteiger partial charge < -0.3 is 9.80 Å². The van der Waals surface area contributed by atoms with Crippen LogP contribution < -0.4 is 4.90 Å². The molecule has 1 aromatic carbocycles. The number of nitrogens with zero attached hydrogens (tertiary/aromatic N) is 4. The van der Waals surface area contributed by atoms with Gasteiger partial charge in [0.15, 0.2) is 0 Å². The lowest BCUT2D eigenvalue weighted by atomic mass is 9.96. The fourth-order valence-electron chi connectivity index (χ4n) is 3.82. The van der Waals surface area contributed by atoms with Crippen LogP contribution in [-0.4, -0.2) is 48.1 Å². The SMILES string of the molecule is Cc1ccc(C2CCc3c2nc(Cl)nc3N2CCN(C)CC2)cc1. The number of rotatable bonds is 2. The van der Waals surface area contributed by atoms with Crippen LogP contribution in [0.2, 0.25) is 5.28 Å². The maximum absolute atomic E-state index is 6.30. The zero-order valence-corrected chi connectivity index (χ0v) is 15.1. The Bertz CT molecular complexity index is 736. The molecule has 4 rings (SSSR count). The predicted octanol–water partition coefficient (Wildman–Crippen LogP) is 3.27. The smallest absolute Gasteiger partial charge is 0.224 e. The van der Waals surface area contributed by atoms with E-state index >= 15 is 0 Å².